The quantitative estimate of drug-likeness (QED) is 0.539. The Morgan fingerprint density at radius 3 is 2.35 bits per heavy atom. The third-order valence-corrected chi connectivity index (χ3v) is 5.62. The number of amides is 1. The van der Waals surface area contributed by atoms with Crippen LogP contribution in [0.1, 0.15) is 72.5 Å². The first kappa shape index (κ1) is 22.9. The summed E-state index contributed by atoms with van der Waals surface area (Å²) in [6.45, 7) is 6.62. The monoisotopic (exact) mass is 431 g/mol. The first-order valence-electron chi connectivity index (χ1n) is 10.7. The molecular weight excluding hydrogens is 398 g/mol. The molecule has 0 spiro atoms. The SMILES string of the molecule is COC(=O)c1cn(C2CCN(C(=O)OC(C)(C)C)CC2)c2c1CCC(=CN(C)C)C2=O. The maximum Gasteiger partial charge on any atom is 0.410 e. The zero-order valence-electron chi connectivity index (χ0n) is 19.4. The second-order valence-corrected chi connectivity index (χ2v) is 9.41. The Bertz CT molecular complexity index is 899. The zero-order chi connectivity index (χ0) is 22.9. The van der Waals surface area contributed by atoms with Gasteiger partial charge in [-0.2, -0.15) is 0 Å². The minimum atomic E-state index is -0.537. The van der Waals surface area contributed by atoms with Gasteiger partial charge in [0.15, 0.2) is 0 Å². The van der Waals surface area contributed by atoms with Gasteiger partial charge >= 0.3 is 12.1 Å². The van der Waals surface area contributed by atoms with E-state index in [-0.39, 0.29) is 17.9 Å². The van der Waals surface area contributed by atoms with Crippen molar-refractivity contribution in [1.29, 1.82) is 0 Å². The molecule has 2 heterocycles. The van der Waals surface area contributed by atoms with Crippen LogP contribution in [0.15, 0.2) is 18.0 Å². The fourth-order valence-electron chi connectivity index (χ4n) is 4.26. The van der Waals surface area contributed by atoms with E-state index in [0.717, 1.165) is 11.1 Å². The number of hydrogen-bond donors (Lipinski definition) is 0. The van der Waals surface area contributed by atoms with Crippen molar-refractivity contribution in [2.24, 2.45) is 0 Å². The third-order valence-electron chi connectivity index (χ3n) is 5.62. The molecule has 0 atom stereocenters. The number of methoxy groups -OCH3 is 1. The van der Waals surface area contributed by atoms with Crippen LogP contribution in [0.2, 0.25) is 0 Å². The Balaban J connectivity index is 1.87. The highest BCUT2D eigenvalue weighted by atomic mass is 16.6. The van der Waals surface area contributed by atoms with Crippen LogP contribution in [0.4, 0.5) is 4.79 Å². The number of esters is 1. The summed E-state index contributed by atoms with van der Waals surface area (Å²) in [5.74, 6) is -0.464. The summed E-state index contributed by atoms with van der Waals surface area (Å²) in [4.78, 5) is 41.7. The molecule has 1 aliphatic carbocycles. The predicted octanol–water partition coefficient (Wildman–Crippen LogP) is 3.42. The number of aromatic nitrogens is 1. The summed E-state index contributed by atoms with van der Waals surface area (Å²) in [5.41, 5.74) is 2.01. The third kappa shape index (κ3) is 4.94. The number of ether oxygens (including phenoxy) is 2. The van der Waals surface area contributed by atoms with Gasteiger partial charge < -0.3 is 23.8 Å². The van der Waals surface area contributed by atoms with Gasteiger partial charge in [0.05, 0.1) is 18.4 Å². The van der Waals surface area contributed by atoms with Crippen LogP contribution >= 0.6 is 0 Å². The lowest BCUT2D eigenvalue weighted by Gasteiger charge is -2.35. The van der Waals surface area contributed by atoms with Gasteiger partial charge in [-0.25, -0.2) is 9.59 Å². The first-order chi connectivity index (χ1) is 14.5. The molecule has 1 fully saturated rings. The number of nitrogens with zero attached hydrogens (tertiary/aromatic N) is 3. The van der Waals surface area contributed by atoms with E-state index < -0.39 is 11.6 Å². The number of rotatable bonds is 3. The number of likely N-dealkylation sites (tertiary alicyclic amines) is 1. The molecule has 0 saturated carbocycles. The smallest absolute Gasteiger partial charge is 0.410 e. The Labute approximate surface area is 183 Å². The second kappa shape index (κ2) is 8.77. The van der Waals surface area contributed by atoms with Gasteiger partial charge in [-0.1, -0.05) is 0 Å². The number of allylic oxidation sites excluding steroid dienone is 1. The fraction of sp³-hybridized carbons (Fsp3) is 0.609. The predicted molar refractivity (Wildman–Crippen MR) is 116 cm³/mol. The van der Waals surface area contributed by atoms with Crippen molar-refractivity contribution >= 4 is 17.8 Å². The van der Waals surface area contributed by atoms with E-state index in [4.69, 9.17) is 9.47 Å². The molecule has 1 aliphatic heterocycles. The normalized spacial score (nSPS) is 18.7. The molecule has 3 rings (SSSR count). The van der Waals surface area contributed by atoms with Crippen LogP contribution in [-0.4, -0.2) is 72.1 Å². The van der Waals surface area contributed by atoms with Crippen LogP contribution in [0.25, 0.3) is 0 Å². The average molecular weight is 432 g/mol. The largest absolute Gasteiger partial charge is 0.465 e. The Morgan fingerprint density at radius 2 is 1.81 bits per heavy atom. The van der Waals surface area contributed by atoms with Crippen LogP contribution in [0, 0.1) is 0 Å². The van der Waals surface area contributed by atoms with Gasteiger partial charge in [0.1, 0.15) is 5.60 Å². The lowest BCUT2D eigenvalue weighted by atomic mass is 9.89. The number of hydrogen-bond acceptors (Lipinski definition) is 6. The number of Topliss-reactive ketones (excluding diaryl/α,β-unsaturated/α-hetero) is 1. The minimum absolute atomic E-state index is 0.0218. The molecule has 0 aromatic carbocycles. The molecule has 170 valence electrons. The fourth-order valence-corrected chi connectivity index (χ4v) is 4.26. The lowest BCUT2D eigenvalue weighted by molar-refractivity contribution is 0.0187. The number of fused-ring (bicyclic) bond motifs is 1. The van der Waals surface area contributed by atoms with Crippen LogP contribution in [0.5, 0.6) is 0 Å². The highest BCUT2D eigenvalue weighted by Gasteiger charge is 2.35. The molecule has 8 nitrogen and oxygen atoms in total. The van der Waals surface area contributed by atoms with Crippen molar-refractivity contribution in [3.63, 3.8) is 0 Å². The van der Waals surface area contributed by atoms with E-state index >= 15 is 0 Å². The molecule has 1 aromatic rings. The zero-order valence-corrected chi connectivity index (χ0v) is 19.4. The second-order valence-electron chi connectivity index (χ2n) is 9.41. The Morgan fingerprint density at radius 1 is 1.16 bits per heavy atom. The van der Waals surface area contributed by atoms with Crippen molar-refractivity contribution in [3.8, 4) is 0 Å². The van der Waals surface area contributed by atoms with Crippen molar-refractivity contribution in [2.75, 3.05) is 34.3 Å². The van der Waals surface area contributed by atoms with Gasteiger partial charge in [0.2, 0.25) is 5.78 Å². The molecule has 31 heavy (non-hydrogen) atoms. The van der Waals surface area contributed by atoms with E-state index in [2.05, 4.69) is 0 Å². The lowest BCUT2D eigenvalue weighted by Crippen LogP contribution is -2.42. The molecule has 0 unspecified atom stereocenters. The molecule has 1 aromatic heterocycles. The number of carbonyl (C=O) groups excluding carboxylic acids is 3. The van der Waals surface area contributed by atoms with Gasteiger partial charge in [-0.05, 0) is 52.0 Å². The summed E-state index contributed by atoms with van der Waals surface area (Å²) < 4.78 is 12.4. The van der Waals surface area contributed by atoms with Crippen LogP contribution < -0.4 is 0 Å². The summed E-state index contributed by atoms with van der Waals surface area (Å²) in [5, 5.41) is 0. The standard InChI is InChI=1S/C23H33N3O5/c1-23(2,3)31-22(29)25-11-9-16(10-12-25)26-14-18(21(28)30-6)17-8-7-15(13-24(4)5)20(27)19(17)26/h13-14,16H,7-12H2,1-6H3. The Hall–Kier alpha value is -2.77. The molecule has 2 aliphatic rings. The Kier molecular flexibility index (Phi) is 6.48. The van der Waals surface area contributed by atoms with E-state index in [1.165, 1.54) is 7.11 Å². The molecule has 0 bridgehead atoms. The van der Waals surface area contributed by atoms with Crippen molar-refractivity contribution in [3.05, 3.63) is 34.8 Å². The number of piperidine rings is 1. The first-order valence-corrected chi connectivity index (χ1v) is 10.7. The molecule has 1 amide bonds. The van der Waals surface area contributed by atoms with E-state index in [0.29, 0.717) is 50.0 Å². The molecule has 8 heteroatoms. The number of ketones is 1. The highest BCUT2D eigenvalue weighted by molar-refractivity contribution is 6.11. The minimum Gasteiger partial charge on any atom is -0.465 e. The molecule has 0 N–H and O–H groups in total. The molecule has 0 radical (unpaired) electrons. The van der Waals surface area contributed by atoms with Crippen LogP contribution in [0.3, 0.4) is 0 Å². The average Bonchev–Trinajstić information content (AvgIpc) is 3.08. The van der Waals surface area contributed by atoms with Gasteiger partial charge in [0, 0.05) is 51.2 Å². The highest BCUT2D eigenvalue weighted by Crippen LogP contribution is 2.35. The van der Waals surface area contributed by atoms with E-state index in [1.807, 2.05) is 50.5 Å². The maximum atomic E-state index is 13.3. The summed E-state index contributed by atoms with van der Waals surface area (Å²) in [7, 11) is 5.13. The van der Waals surface area contributed by atoms with Crippen molar-refractivity contribution in [2.45, 2.75) is 58.1 Å². The van der Waals surface area contributed by atoms with Gasteiger partial charge in [-0.3, -0.25) is 4.79 Å². The van der Waals surface area contributed by atoms with E-state index in [1.54, 1.807) is 11.1 Å². The van der Waals surface area contributed by atoms with E-state index in [9.17, 15) is 14.4 Å². The van der Waals surface area contributed by atoms with Crippen LogP contribution in [-0.2, 0) is 15.9 Å². The van der Waals surface area contributed by atoms with Gasteiger partial charge in [0.25, 0.3) is 0 Å². The topological polar surface area (TPSA) is 81.1 Å². The maximum absolute atomic E-state index is 13.3. The summed E-state index contributed by atoms with van der Waals surface area (Å²) >= 11 is 0. The van der Waals surface area contributed by atoms with Gasteiger partial charge in [-0.15, -0.1) is 0 Å². The van der Waals surface area contributed by atoms with Crippen molar-refractivity contribution < 1.29 is 23.9 Å². The molecule has 1 saturated heterocycles. The molecular formula is C23H33N3O5. The summed E-state index contributed by atoms with van der Waals surface area (Å²) in [6, 6.07) is 0.0218. The number of carbonyl (C=O) groups is 3. The summed E-state index contributed by atoms with van der Waals surface area (Å²) in [6.07, 6.45) is 5.88. The van der Waals surface area contributed by atoms with Crippen molar-refractivity contribution in [1.82, 2.24) is 14.4 Å².